The molecule has 0 aliphatic carbocycles. The molecule has 1 atom stereocenters. The molecule has 0 saturated heterocycles. The molecule has 0 fully saturated rings. The van der Waals surface area contributed by atoms with Gasteiger partial charge in [-0.2, -0.15) is 0 Å². The highest BCUT2D eigenvalue weighted by Gasteiger charge is 2.14. The summed E-state index contributed by atoms with van der Waals surface area (Å²) in [5.41, 5.74) is 11.6. The second kappa shape index (κ2) is 6.35. The summed E-state index contributed by atoms with van der Waals surface area (Å²) in [5.74, 6) is 0.683. The van der Waals surface area contributed by atoms with E-state index < -0.39 is 0 Å². The van der Waals surface area contributed by atoms with Gasteiger partial charge < -0.3 is 10.6 Å². The third kappa shape index (κ3) is 4.11. The highest BCUT2D eigenvalue weighted by atomic mass is 15.1. The standard InChI is InChI=1S/C16H28N2/c1-11(2)9-18(6)10-15(17)16-13(4)7-12(3)8-14(16)5/h7-8,11,15H,9-10,17H2,1-6H3. The van der Waals surface area contributed by atoms with E-state index in [2.05, 4.69) is 58.7 Å². The molecule has 0 bridgehead atoms. The minimum Gasteiger partial charge on any atom is -0.323 e. The van der Waals surface area contributed by atoms with Gasteiger partial charge in [-0.15, -0.1) is 0 Å². The molecule has 2 N–H and O–H groups in total. The Balaban J connectivity index is 2.81. The Morgan fingerprint density at radius 2 is 1.56 bits per heavy atom. The van der Waals surface area contributed by atoms with Crippen LogP contribution in [0, 0.1) is 26.7 Å². The molecule has 0 heterocycles. The molecule has 1 unspecified atom stereocenters. The van der Waals surface area contributed by atoms with Crippen molar-refractivity contribution in [3.63, 3.8) is 0 Å². The summed E-state index contributed by atoms with van der Waals surface area (Å²) in [4.78, 5) is 2.33. The fourth-order valence-corrected chi connectivity index (χ4v) is 2.90. The molecule has 1 aromatic rings. The minimum absolute atomic E-state index is 0.106. The van der Waals surface area contributed by atoms with Gasteiger partial charge in [0.15, 0.2) is 0 Å². The normalized spacial score (nSPS) is 13.4. The molecule has 1 aromatic carbocycles. The van der Waals surface area contributed by atoms with Crippen LogP contribution in [0.15, 0.2) is 12.1 Å². The average Bonchev–Trinajstić information content (AvgIpc) is 2.12. The first-order valence-corrected chi connectivity index (χ1v) is 6.83. The lowest BCUT2D eigenvalue weighted by Crippen LogP contribution is -2.32. The van der Waals surface area contributed by atoms with Gasteiger partial charge >= 0.3 is 0 Å². The van der Waals surface area contributed by atoms with Crippen LogP contribution < -0.4 is 5.73 Å². The van der Waals surface area contributed by atoms with Gasteiger partial charge in [0, 0.05) is 19.1 Å². The van der Waals surface area contributed by atoms with Crippen LogP contribution in [0.3, 0.4) is 0 Å². The highest BCUT2D eigenvalue weighted by molar-refractivity contribution is 5.39. The van der Waals surface area contributed by atoms with Crippen LogP contribution in [0.1, 0.15) is 42.1 Å². The summed E-state index contributed by atoms with van der Waals surface area (Å²) >= 11 is 0. The van der Waals surface area contributed by atoms with Crippen molar-refractivity contribution < 1.29 is 0 Å². The number of likely N-dealkylation sites (N-methyl/N-ethyl adjacent to an activating group) is 1. The van der Waals surface area contributed by atoms with Crippen LogP contribution in [-0.4, -0.2) is 25.0 Å². The third-order valence-electron chi connectivity index (χ3n) is 3.29. The van der Waals surface area contributed by atoms with Gasteiger partial charge in [-0.1, -0.05) is 31.5 Å². The average molecular weight is 248 g/mol. The molecule has 0 spiro atoms. The van der Waals surface area contributed by atoms with E-state index in [4.69, 9.17) is 5.73 Å². The molecule has 0 aliphatic rings. The van der Waals surface area contributed by atoms with Gasteiger partial charge in [-0.25, -0.2) is 0 Å². The number of nitrogens with zero attached hydrogens (tertiary/aromatic N) is 1. The molecule has 102 valence electrons. The fraction of sp³-hybridized carbons (Fsp3) is 0.625. The minimum atomic E-state index is 0.106. The van der Waals surface area contributed by atoms with E-state index in [9.17, 15) is 0 Å². The second-order valence-electron chi connectivity index (χ2n) is 6.03. The quantitative estimate of drug-likeness (QED) is 0.867. The lowest BCUT2D eigenvalue weighted by molar-refractivity contribution is 0.278. The van der Waals surface area contributed by atoms with E-state index in [1.165, 1.54) is 22.3 Å². The number of hydrogen-bond donors (Lipinski definition) is 1. The van der Waals surface area contributed by atoms with Gasteiger partial charge in [-0.3, -0.25) is 0 Å². The summed E-state index contributed by atoms with van der Waals surface area (Å²) in [6.45, 7) is 13.0. The Morgan fingerprint density at radius 1 is 1.06 bits per heavy atom. The summed E-state index contributed by atoms with van der Waals surface area (Å²) in [6, 6.07) is 4.56. The predicted octanol–water partition coefficient (Wildman–Crippen LogP) is 3.20. The van der Waals surface area contributed by atoms with Crippen molar-refractivity contribution in [1.29, 1.82) is 0 Å². The Hall–Kier alpha value is -0.860. The van der Waals surface area contributed by atoms with Crippen LogP contribution in [0.5, 0.6) is 0 Å². The van der Waals surface area contributed by atoms with Gasteiger partial charge in [-0.05, 0) is 50.4 Å². The van der Waals surface area contributed by atoms with E-state index in [-0.39, 0.29) is 6.04 Å². The molecule has 2 nitrogen and oxygen atoms in total. The van der Waals surface area contributed by atoms with Crippen molar-refractivity contribution in [2.45, 2.75) is 40.7 Å². The zero-order valence-electron chi connectivity index (χ0n) is 12.7. The SMILES string of the molecule is Cc1cc(C)c(C(N)CN(C)CC(C)C)c(C)c1. The number of hydrogen-bond acceptors (Lipinski definition) is 2. The molecule has 0 aliphatic heterocycles. The zero-order chi connectivity index (χ0) is 13.9. The Labute approximate surface area is 112 Å². The summed E-state index contributed by atoms with van der Waals surface area (Å²) in [5, 5.41) is 0. The second-order valence-corrected chi connectivity index (χ2v) is 6.03. The Kier molecular flexibility index (Phi) is 5.36. The number of nitrogens with two attached hydrogens (primary N) is 1. The topological polar surface area (TPSA) is 29.3 Å². The van der Waals surface area contributed by atoms with Crippen molar-refractivity contribution in [2.24, 2.45) is 11.7 Å². The number of rotatable bonds is 5. The van der Waals surface area contributed by atoms with Crippen LogP contribution in [0.25, 0.3) is 0 Å². The van der Waals surface area contributed by atoms with Crippen molar-refractivity contribution in [2.75, 3.05) is 20.1 Å². The monoisotopic (exact) mass is 248 g/mol. The molecule has 2 heteroatoms. The molecule has 1 rings (SSSR count). The van der Waals surface area contributed by atoms with Gasteiger partial charge in [0.25, 0.3) is 0 Å². The molecule has 18 heavy (non-hydrogen) atoms. The van der Waals surface area contributed by atoms with E-state index in [0.29, 0.717) is 5.92 Å². The first kappa shape index (κ1) is 15.2. The van der Waals surface area contributed by atoms with Crippen LogP contribution in [0.2, 0.25) is 0 Å². The van der Waals surface area contributed by atoms with Crippen LogP contribution >= 0.6 is 0 Å². The van der Waals surface area contributed by atoms with Crippen molar-refractivity contribution >= 4 is 0 Å². The van der Waals surface area contributed by atoms with Crippen molar-refractivity contribution in [1.82, 2.24) is 4.90 Å². The summed E-state index contributed by atoms with van der Waals surface area (Å²) in [6.07, 6.45) is 0. The molecular weight excluding hydrogens is 220 g/mol. The predicted molar refractivity (Wildman–Crippen MR) is 79.9 cm³/mol. The Morgan fingerprint density at radius 3 is 2.00 bits per heavy atom. The molecule has 0 radical (unpaired) electrons. The number of aryl methyl sites for hydroxylation is 3. The van der Waals surface area contributed by atoms with Crippen molar-refractivity contribution in [3.8, 4) is 0 Å². The van der Waals surface area contributed by atoms with Crippen LogP contribution in [-0.2, 0) is 0 Å². The molecule has 0 saturated carbocycles. The summed E-state index contributed by atoms with van der Waals surface area (Å²) < 4.78 is 0. The first-order valence-electron chi connectivity index (χ1n) is 6.83. The smallest absolute Gasteiger partial charge is 0.0429 e. The highest BCUT2D eigenvalue weighted by Crippen LogP contribution is 2.22. The maximum Gasteiger partial charge on any atom is 0.0429 e. The van der Waals surface area contributed by atoms with E-state index in [0.717, 1.165) is 13.1 Å². The Bertz CT molecular complexity index is 373. The number of benzene rings is 1. The van der Waals surface area contributed by atoms with Gasteiger partial charge in [0.05, 0.1) is 0 Å². The third-order valence-corrected chi connectivity index (χ3v) is 3.29. The van der Waals surface area contributed by atoms with Gasteiger partial charge in [0.2, 0.25) is 0 Å². The fourth-order valence-electron chi connectivity index (χ4n) is 2.90. The lowest BCUT2D eigenvalue weighted by atomic mass is 9.94. The molecular formula is C16H28N2. The molecule has 0 amide bonds. The van der Waals surface area contributed by atoms with E-state index in [1.807, 2.05) is 0 Å². The van der Waals surface area contributed by atoms with E-state index in [1.54, 1.807) is 0 Å². The largest absolute Gasteiger partial charge is 0.323 e. The maximum absolute atomic E-state index is 6.38. The lowest BCUT2D eigenvalue weighted by Gasteiger charge is -2.25. The maximum atomic E-state index is 6.38. The van der Waals surface area contributed by atoms with Crippen LogP contribution in [0.4, 0.5) is 0 Å². The van der Waals surface area contributed by atoms with Gasteiger partial charge in [0.1, 0.15) is 0 Å². The molecule has 0 aromatic heterocycles. The van der Waals surface area contributed by atoms with Crippen molar-refractivity contribution in [3.05, 3.63) is 34.4 Å². The van der Waals surface area contributed by atoms with E-state index >= 15 is 0 Å². The summed E-state index contributed by atoms with van der Waals surface area (Å²) in [7, 11) is 2.15. The first-order chi connectivity index (χ1) is 8.31. The zero-order valence-corrected chi connectivity index (χ0v) is 12.7.